The van der Waals surface area contributed by atoms with E-state index in [0.717, 1.165) is 33.5 Å². The summed E-state index contributed by atoms with van der Waals surface area (Å²) >= 11 is 0. The van der Waals surface area contributed by atoms with E-state index in [1.807, 2.05) is 6.07 Å². The van der Waals surface area contributed by atoms with E-state index in [9.17, 15) is 0 Å². The van der Waals surface area contributed by atoms with E-state index >= 15 is 0 Å². The fraction of sp³-hybridized carbons (Fsp3) is 0.0345. The maximum Gasteiger partial charge on any atom is 0.160 e. The van der Waals surface area contributed by atoms with Crippen LogP contribution in [0, 0.1) is 0 Å². The lowest BCUT2D eigenvalue weighted by atomic mass is 9.74. The molecule has 1 aromatic heterocycles. The second-order valence-corrected chi connectivity index (χ2v) is 16.2. The molecule has 1 atom stereocenters. The van der Waals surface area contributed by atoms with Crippen LogP contribution in [0.1, 0.15) is 23.6 Å². The average molecular weight is 763 g/mol. The second kappa shape index (κ2) is 13.4. The van der Waals surface area contributed by atoms with Gasteiger partial charge in [-0.25, -0.2) is 9.97 Å². The standard InChI is InChI=1S/C58H38N2/c1-58(41-20-6-3-7-21-41)52-27-15-14-26-46(52)47-30-29-40(35-53(47)58)54-36-55(60-57(59-54)38-17-4-2-5-18-38)48-32-33-49(45-25-13-12-24-44(45)48)56-43-23-11-9-19-39(43)34-51-42-22-10-8-16-37(42)28-31-50(51)56/h2-36H,1H3. The van der Waals surface area contributed by atoms with Gasteiger partial charge in [0.2, 0.25) is 0 Å². The Morgan fingerprint density at radius 1 is 0.333 bits per heavy atom. The molecule has 2 nitrogen and oxygen atoms in total. The molecule has 280 valence electrons. The first-order chi connectivity index (χ1) is 29.6. The van der Waals surface area contributed by atoms with Gasteiger partial charge in [-0.1, -0.05) is 194 Å². The second-order valence-electron chi connectivity index (χ2n) is 16.2. The van der Waals surface area contributed by atoms with Crippen LogP contribution in [0.15, 0.2) is 212 Å². The number of aromatic nitrogens is 2. The lowest BCUT2D eigenvalue weighted by Gasteiger charge is -2.28. The van der Waals surface area contributed by atoms with Crippen LogP contribution in [0.2, 0.25) is 0 Å². The van der Waals surface area contributed by atoms with Crippen molar-refractivity contribution in [2.45, 2.75) is 12.3 Å². The molecule has 1 aliphatic rings. The van der Waals surface area contributed by atoms with Crippen molar-refractivity contribution in [3.8, 4) is 56.2 Å². The van der Waals surface area contributed by atoms with E-state index in [0.29, 0.717) is 5.82 Å². The van der Waals surface area contributed by atoms with E-state index < -0.39 is 0 Å². The zero-order valence-corrected chi connectivity index (χ0v) is 33.1. The van der Waals surface area contributed by atoms with Crippen molar-refractivity contribution in [1.82, 2.24) is 9.97 Å². The third kappa shape index (κ3) is 5.21. The maximum atomic E-state index is 5.36. The Kier molecular flexibility index (Phi) is 7.70. The molecule has 11 aromatic rings. The van der Waals surface area contributed by atoms with Crippen LogP contribution in [0.3, 0.4) is 0 Å². The molecule has 0 saturated heterocycles. The van der Waals surface area contributed by atoms with E-state index in [4.69, 9.17) is 9.97 Å². The monoisotopic (exact) mass is 762 g/mol. The highest BCUT2D eigenvalue weighted by molar-refractivity contribution is 6.23. The summed E-state index contributed by atoms with van der Waals surface area (Å²) in [6.45, 7) is 2.37. The Bertz CT molecular complexity index is 3500. The first kappa shape index (κ1) is 34.4. The smallest absolute Gasteiger partial charge is 0.160 e. The lowest BCUT2D eigenvalue weighted by molar-refractivity contribution is 0.714. The van der Waals surface area contributed by atoms with Crippen LogP contribution in [-0.4, -0.2) is 9.97 Å². The van der Waals surface area contributed by atoms with Crippen LogP contribution < -0.4 is 0 Å². The molecule has 0 saturated carbocycles. The number of nitrogens with zero attached hydrogens (tertiary/aromatic N) is 2. The maximum absolute atomic E-state index is 5.36. The van der Waals surface area contributed by atoms with Gasteiger partial charge in [0.15, 0.2) is 5.82 Å². The number of hydrogen-bond donors (Lipinski definition) is 0. The van der Waals surface area contributed by atoms with Crippen LogP contribution in [-0.2, 0) is 5.41 Å². The summed E-state index contributed by atoms with van der Waals surface area (Å²) in [5.74, 6) is 0.706. The van der Waals surface area contributed by atoms with Crippen molar-refractivity contribution in [2.24, 2.45) is 0 Å². The van der Waals surface area contributed by atoms with Crippen molar-refractivity contribution in [3.05, 3.63) is 229 Å². The van der Waals surface area contributed by atoms with E-state index in [1.54, 1.807) is 0 Å². The number of fused-ring (bicyclic) bond motifs is 8. The molecule has 0 spiro atoms. The van der Waals surface area contributed by atoms with Crippen molar-refractivity contribution in [1.29, 1.82) is 0 Å². The Balaban J connectivity index is 1.08. The first-order valence-corrected chi connectivity index (χ1v) is 20.7. The zero-order chi connectivity index (χ0) is 39.8. The largest absolute Gasteiger partial charge is 0.228 e. The minimum atomic E-state index is -0.314. The van der Waals surface area contributed by atoms with E-state index in [-0.39, 0.29) is 5.41 Å². The predicted molar refractivity (Wildman–Crippen MR) is 251 cm³/mol. The number of rotatable bonds is 5. The quantitative estimate of drug-likeness (QED) is 0.129. The van der Waals surface area contributed by atoms with Crippen LogP contribution in [0.4, 0.5) is 0 Å². The fourth-order valence-electron chi connectivity index (χ4n) is 10.0. The van der Waals surface area contributed by atoms with Gasteiger partial charge in [0.25, 0.3) is 0 Å². The summed E-state index contributed by atoms with van der Waals surface area (Å²) in [4.78, 5) is 10.7. The van der Waals surface area contributed by atoms with Crippen LogP contribution in [0.25, 0.3) is 99.2 Å². The molecule has 60 heavy (non-hydrogen) atoms. The van der Waals surface area contributed by atoms with Gasteiger partial charge in [-0.3, -0.25) is 0 Å². The van der Waals surface area contributed by atoms with Crippen molar-refractivity contribution >= 4 is 43.1 Å². The van der Waals surface area contributed by atoms with Gasteiger partial charge >= 0.3 is 0 Å². The van der Waals surface area contributed by atoms with Gasteiger partial charge in [-0.05, 0) is 107 Å². The molecule has 0 radical (unpaired) electrons. The molecular weight excluding hydrogens is 725 g/mol. The van der Waals surface area contributed by atoms with Crippen molar-refractivity contribution in [3.63, 3.8) is 0 Å². The summed E-state index contributed by atoms with van der Waals surface area (Å²) in [6.07, 6.45) is 0. The Morgan fingerprint density at radius 3 is 1.75 bits per heavy atom. The van der Waals surface area contributed by atoms with Crippen LogP contribution >= 0.6 is 0 Å². The fourth-order valence-corrected chi connectivity index (χ4v) is 10.0. The van der Waals surface area contributed by atoms with Crippen molar-refractivity contribution in [2.75, 3.05) is 0 Å². The minimum absolute atomic E-state index is 0.314. The molecule has 1 unspecified atom stereocenters. The molecule has 0 aliphatic heterocycles. The van der Waals surface area contributed by atoms with Gasteiger partial charge in [-0.15, -0.1) is 0 Å². The first-order valence-electron chi connectivity index (χ1n) is 20.7. The van der Waals surface area contributed by atoms with Gasteiger partial charge < -0.3 is 0 Å². The number of hydrogen-bond acceptors (Lipinski definition) is 2. The lowest BCUT2D eigenvalue weighted by Crippen LogP contribution is -2.22. The summed E-state index contributed by atoms with van der Waals surface area (Å²) in [7, 11) is 0. The highest BCUT2D eigenvalue weighted by Crippen LogP contribution is 2.53. The summed E-state index contributed by atoms with van der Waals surface area (Å²) in [5.41, 5.74) is 13.5. The third-order valence-electron chi connectivity index (χ3n) is 13.0. The van der Waals surface area contributed by atoms with E-state index in [1.165, 1.54) is 76.6 Å². The summed E-state index contributed by atoms with van der Waals surface area (Å²) < 4.78 is 0. The third-order valence-corrected chi connectivity index (χ3v) is 13.0. The predicted octanol–water partition coefficient (Wildman–Crippen LogP) is 15.1. The molecule has 1 aliphatic carbocycles. The molecular formula is C58H38N2. The molecule has 0 bridgehead atoms. The SMILES string of the molecule is CC1(c2ccccc2)c2ccccc2-c2ccc(-c3cc(-c4ccc(-c5c6ccccc6cc6c5ccc5ccccc56)c5ccccc45)nc(-c4ccccc4)n3)cc21. The Labute approximate surface area is 349 Å². The topological polar surface area (TPSA) is 25.8 Å². The molecule has 0 N–H and O–H groups in total. The molecule has 0 fully saturated rings. The normalized spacial score (nSPS) is 14.5. The zero-order valence-electron chi connectivity index (χ0n) is 33.1. The van der Waals surface area contributed by atoms with Crippen LogP contribution in [0.5, 0.6) is 0 Å². The van der Waals surface area contributed by atoms with Gasteiger partial charge in [-0.2, -0.15) is 0 Å². The molecule has 2 heteroatoms. The minimum Gasteiger partial charge on any atom is -0.228 e. The van der Waals surface area contributed by atoms with E-state index in [2.05, 4.69) is 213 Å². The molecule has 1 heterocycles. The summed E-state index contributed by atoms with van der Waals surface area (Å²) in [6, 6.07) is 77.1. The Hall–Kier alpha value is -7.68. The summed E-state index contributed by atoms with van der Waals surface area (Å²) in [5, 5.41) is 9.86. The highest BCUT2D eigenvalue weighted by atomic mass is 14.9. The molecule has 0 amide bonds. The highest BCUT2D eigenvalue weighted by Gasteiger charge is 2.40. The average Bonchev–Trinajstić information content (AvgIpc) is 3.58. The van der Waals surface area contributed by atoms with Gasteiger partial charge in [0, 0.05) is 22.1 Å². The number of benzene rings is 10. The van der Waals surface area contributed by atoms with Crippen molar-refractivity contribution < 1.29 is 0 Å². The Morgan fingerprint density at radius 2 is 0.933 bits per heavy atom. The molecule has 10 aromatic carbocycles. The molecule has 12 rings (SSSR count). The van der Waals surface area contributed by atoms with Gasteiger partial charge in [0.05, 0.1) is 11.4 Å². The van der Waals surface area contributed by atoms with Gasteiger partial charge in [0.1, 0.15) is 0 Å².